The standard InChI is InChI=1S/C16H14N2/c1-2-6-13(7-3-1)10-11-14-12-17-15-8-4-5-9-16(15)18-14/h1-9,12H,10-11H2. The number of benzene rings is 2. The molecular formula is C16H14N2. The van der Waals surface area contributed by atoms with Gasteiger partial charge in [-0.3, -0.25) is 4.98 Å². The Kier molecular flexibility index (Phi) is 3.01. The van der Waals surface area contributed by atoms with Crippen LogP contribution in [0.4, 0.5) is 0 Å². The summed E-state index contributed by atoms with van der Waals surface area (Å²) in [4.78, 5) is 9.06. The van der Waals surface area contributed by atoms with Crippen molar-refractivity contribution in [3.8, 4) is 0 Å². The highest BCUT2D eigenvalue weighted by Crippen LogP contribution is 2.10. The van der Waals surface area contributed by atoms with Crippen molar-refractivity contribution in [1.29, 1.82) is 0 Å². The summed E-state index contributed by atoms with van der Waals surface area (Å²) in [6.07, 6.45) is 3.82. The van der Waals surface area contributed by atoms with Crippen molar-refractivity contribution in [1.82, 2.24) is 9.97 Å². The SMILES string of the molecule is c1ccc(CCc2cnc3ccccc3n2)cc1. The quantitative estimate of drug-likeness (QED) is 0.694. The third-order valence-electron chi connectivity index (χ3n) is 3.01. The molecule has 0 N–H and O–H groups in total. The van der Waals surface area contributed by atoms with Crippen LogP contribution < -0.4 is 0 Å². The lowest BCUT2D eigenvalue weighted by Gasteiger charge is -2.02. The molecule has 0 fully saturated rings. The second-order valence-electron chi connectivity index (χ2n) is 4.34. The van der Waals surface area contributed by atoms with Crippen LogP contribution in [0.5, 0.6) is 0 Å². The van der Waals surface area contributed by atoms with Gasteiger partial charge in [-0.25, -0.2) is 4.98 Å². The van der Waals surface area contributed by atoms with Gasteiger partial charge in [-0.2, -0.15) is 0 Å². The number of hydrogen-bond acceptors (Lipinski definition) is 2. The third kappa shape index (κ3) is 2.38. The fourth-order valence-electron chi connectivity index (χ4n) is 2.03. The van der Waals surface area contributed by atoms with Gasteiger partial charge in [0.2, 0.25) is 0 Å². The van der Waals surface area contributed by atoms with Crippen molar-refractivity contribution in [2.24, 2.45) is 0 Å². The van der Waals surface area contributed by atoms with Gasteiger partial charge in [-0.15, -0.1) is 0 Å². The Labute approximate surface area is 106 Å². The first-order valence-electron chi connectivity index (χ1n) is 6.16. The van der Waals surface area contributed by atoms with Crippen LogP contribution in [0.3, 0.4) is 0 Å². The van der Waals surface area contributed by atoms with Gasteiger partial charge in [0.1, 0.15) is 0 Å². The van der Waals surface area contributed by atoms with Crippen LogP contribution in [0, 0.1) is 0 Å². The van der Waals surface area contributed by atoms with Crippen molar-refractivity contribution >= 4 is 11.0 Å². The minimum absolute atomic E-state index is 0.932. The number of rotatable bonds is 3. The topological polar surface area (TPSA) is 25.8 Å². The molecule has 0 aliphatic carbocycles. The van der Waals surface area contributed by atoms with Gasteiger partial charge in [-0.1, -0.05) is 42.5 Å². The van der Waals surface area contributed by atoms with Crippen LogP contribution in [0.15, 0.2) is 60.8 Å². The molecule has 0 radical (unpaired) electrons. The first kappa shape index (κ1) is 10.9. The van der Waals surface area contributed by atoms with E-state index in [1.165, 1.54) is 5.56 Å². The average molecular weight is 234 g/mol. The molecule has 0 spiro atoms. The minimum atomic E-state index is 0.932. The van der Waals surface area contributed by atoms with Crippen LogP contribution >= 0.6 is 0 Å². The van der Waals surface area contributed by atoms with Crippen molar-refractivity contribution < 1.29 is 0 Å². The molecule has 0 atom stereocenters. The molecule has 0 amide bonds. The molecule has 0 saturated heterocycles. The lowest BCUT2D eigenvalue weighted by atomic mass is 10.1. The maximum atomic E-state index is 4.63. The highest BCUT2D eigenvalue weighted by molar-refractivity contribution is 5.73. The van der Waals surface area contributed by atoms with E-state index in [2.05, 4.69) is 34.2 Å². The molecule has 1 aromatic heterocycles. The first-order valence-corrected chi connectivity index (χ1v) is 6.16. The van der Waals surface area contributed by atoms with Crippen LogP contribution in [-0.2, 0) is 12.8 Å². The highest BCUT2D eigenvalue weighted by Gasteiger charge is 2.00. The number of para-hydroxylation sites is 2. The Morgan fingerprint density at radius 1 is 0.722 bits per heavy atom. The van der Waals surface area contributed by atoms with Crippen molar-refractivity contribution in [3.05, 3.63) is 72.1 Å². The normalized spacial score (nSPS) is 10.7. The van der Waals surface area contributed by atoms with E-state index in [9.17, 15) is 0 Å². The fraction of sp³-hybridized carbons (Fsp3) is 0.125. The Bertz CT molecular complexity index is 647. The molecule has 18 heavy (non-hydrogen) atoms. The molecule has 3 aromatic rings. The first-order chi connectivity index (χ1) is 8.92. The van der Waals surface area contributed by atoms with Gasteiger partial charge in [0.25, 0.3) is 0 Å². The summed E-state index contributed by atoms with van der Waals surface area (Å²) >= 11 is 0. The lowest BCUT2D eigenvalue weighted by molar-refractivity contribution is 0.912. The second kappa shape index (κ2) is 4.96. The Hall–Kier alpha value is -2.22. The summed E-state index contributed by atoms with van der Waals surface area (Å²) in [6.45, 7) is 0. The van der Waals surface area contributed by atoms with E-state index in [0.29, 0.717) is 0 Å². The molecule has 0 saturated carbocycles. The van der Waals surface area contributed by atoms with Gasteiger partial charge in [0.05, 0.1) is 16.7 Å². The molecule has 0 unspecified atom stereocenters. The summed E-state index contributed by atoms with van der Waals surface area (Å²) in [5.74, 6) is 0. The predicted octanol–water partition coefficient (Wildman–Crippen LogP) is 3.42. The molecule has 0 bridgehead atoms. The highest BCUT2D eigenvalue weighted by atomic mass is 14.8. The zero-order valence-corrected chi connectivity index (χ0v) is 10.1. The summed E-state index contributed by atoms with van der Waals surface area (Å²) in [5, 5.41) is 0. The van der Waals surface area contributed by atoms with E-state index >= 15 is 0 Å². The van der Waals surface area contributed by atoms with Gasteiger partial charge < -0.3 is 0 Å². The molecule has 2 heteroatoms. The third-order valence-corrected chi connectivity index (χ3v) is 3.01. The predicted molar refractivity (Wildman–Crippen MR) is 73.4 cm³/mol. The van der Waals surface area contributed by atoms with Gasteiger partial charge in [0, 0.05) is 6.20 Å². The molecule has 3 rings (SSSR count). The summed E-state index contributed by atoms with van der Waals surface area (Å²) in [5.41, 5.74) is 4.33. The molecule has 1 heterocycles. The van der Waals surface area contributed by atoms with Crippen LogP contribution in [0.1, 0.15) is 11.3 Å². The lowest BCUT2D eigenvalue weighted by Crippen LogP contribution is -1.96. The minimum Gasteiger partial charge on any atom is -0.253 e. The number of aryl methyl sites for hydroxylation is 2. The van der Waals surface area contributed by atoms with Gasteiger partial charge in [-0.05, 0) is 30.5 Å². The maximum absolute atomic E-state index is 4.63. The molecule has 2 aromatic carbocycles. The van der Waals surface area contributed by atoms with E-state index in [4.69, 9.17) is 0 Å². The van der Waals surface area contributed by atoms with Crippen LogP contribution in [0.2, 0.25) is 0 Å². The smallest absolute Gasteiger partial charge is 0.0890 e. The van der Waals surface area contributed by atoms with E-state index in [1.54, 1.807) is 0 Å². The number of nitrogens with zero attached hydrogens (tertiary/aromatic N) is 2. The van der Waals surface area contributed by atoms with E-state index in [-0.39, 0.29) is 0 Å². The second-order valence-corrected chi connectivity index (χ2v) is 4.34. The number of fused-ring (bicyclic) bond motifs is 1. The van der Waals surface area contributed by atoms with E-state index < -0.39 is 0 Å². The van der Waals surface area contributed by atoms with Gasteiger partial charge in [0.15, 0.2) is 0 Å². The number of aromatic nitrogens is 2. The molecule has 88 valence electrons. The van der Waals surface area contributed by atoms with Crippen LogP contribution in [0.25, 0.3) is 11.0 Å². The van der Waals surface area contributed by atoms with E-state index in [1.807, 2.05) is 36.5 Å². The van der Waals surface area contributed by atoms with Crippen molar-refractivity contribution in [3.63, 3.8) is 0 Å². The monoisotopic (exact) mass is 234 g/mol. The molecule has 2 nitrogen and oxygen atoms in total. The molecular weight excluding hydrogens is 220 g/mol. The summed E-state index contributed by atoms with van der Waals surface area (Å²) in [7, 11) is 0. The number of hydrogen-bond donors (Lipinski definition) is 0. The summed E-state index contributed by atoms with van der Waals surface area (Å²) < 4.78 is 0. The largest absolute Gasteiger partial charge is 0.253 e. The molecule has 0 aliphatic heterocycles. The zero-order chi connectivity index (χ0) is 12.2. The zero-order valence-electron chi connectivity index (χ0n) is 10.1. The van der Waals surface area contributed by atoms with Crippen molar-refractivity contribution in [2.75, 3.05) is 0 Å². The van der Waals surface area contributed by atoms with Crippen molar-refractivity contribution in [2.45, 2.75) is 12.8 Å². The van der Waals surface area contributed by atoms with E-state index in [0.717, 1.165) is 29.6 Å². The Morgan fingerprint density at radius 2 is 1.44 bits per heavy atom. The molecule has 0 aliphatic rings. The fourth-order valence-corrected chi connectivity index (χ4v) is 2.03. The summed E-state index contributed by atoms with van der Waals surface area (Å²) in [6, 6.07) is 18.5. The van der Waals surface area contributed by atoms with Gasteiger partial charge >= 0.3 is 0 Å². The Morgan fingerprint density at radius 3 is 2.28 bits per heavy atom. The van der Waals surface area contributed by atoms with Crippen LogP contribution in [-0.4, -0.2) is 9.97 Å². The maximum Gasteiger partial charge on any atom is 0.0890 e. The average Bonchev–Trinajstić information content (AvgIpc) is 2.46. The Balaban J connectivity index is 1.79.